The number of hydrogen-bond donors (Lipinski definition) is 1. The molecular weight excluding hydrogens is 414 g/mol. The summed E-state index contributed by atoms with van der Waals surface area (Å²) in [5, 5.41) is 16.5. The summed E-state index contributed by atoms with van der Waals surface area (Å²) in [5.41, 5.74) is 0.791. The quantitative estimate of drug-likeness (QED) is 0.502. The van der Waals surface area contributed by atoms with Gasteiger partial charge in [0, 0.05) is 18.7 Å². The second-order valence-corrected chi connectivity index (χ2v) is 8.46. The minimum Gasteiger partial charge on any atom is -0.493 e. The number of nitrogens with one attached hydrogen (secondary N) is 1. The molecule has 0 aliphatic carbocycles. The molecule has 3 heterocycles. The maximum Gasteiger partial charge on any atom is 0.237 e. The average Bonchev–Trinajstić information content (AvgIpc) is 3.52. The first-order valence-electron chi connectivity index (χ1n) is 9.12. The number of methoxy groups -OCH3 is 2. The molecule has 1 fully saturated rings. The van der Waals surface area contributed by atoms with Crippen molar-refractivity contribution in [3.05, 3.63) is 24.1 Å². The third-order valence-corrected chi connectivity index (χ3v) is 6.34. The van der Waals surface area contributed by atoms with E-state index in [9.17, 15) is 0 Å². The summed E-state index contributed by atoms with van der Waals surface area (Å²) in [6, 6.07) is 5.49. The molecule has 1 saturated heterocycles. The van der Waals surface area contributed by atoms with E-state index in [4.69, 9.17) is 18.7 Å². The molecule has 2 aromatic heterocycles. The molecule has 1 aliphatic heterocycles. The predicted molar refractivity (Wildman–Crippen MR) is 110 cm³/mol. The Morgan fingerprint density at radius 3 is 2.93 bits per heavy atom. The van der Waals surface area contributed by atoms with E-state index in [0.29, 0.717) is 29.0 Å². The lowest BCUT2D eigenvalue weighted by molar-refractivity contribution is 0.120. The molecule has 0 amide bonds. The minimum absolute atomic E-state index is 0.267. The number of thioether (sulfide) groups is 1. The molecule has 1 aliphatic rings. The van der Waals surface area contributed by atoms with Crippen LogP contribution in [-0.2, 0) is 10.5 Å². The number of benzene rings is 1. The molecule has 4 rings (SSSR count). The normalized spacial score (nSPS) is 16.1. The summed E-state index contributed by atoms with van der Waals surface area (Å²) in [6.45, 7) is 1.61. The molecule has 0 saturated carbocycles. The van der Waals surface area contributed by atoms with Crippen molar-refractivity contribution in [1.29, 1.82) is 0 Å². The molecule has 1 atom stereocenters. The molecule has 0 spiro atoms. The summed E-state index contributed by atoms with van der Waals surface area (Å²) in [4.78, 5) is 4.45. The molecule has 1 N–H and O–H groups in total. The van der Waals surface area contributed by atoms with Crippen molar-refractivity contribution in [2.24, 2.45) is 0 Å². The van der Waals surface area contributed by atoms with Crippen LogP contribution < -0.4 is 14.8 Å². The van der Waals surface area contributed by atoms with Gasteiger partial charge < -0.3 is 24.1 Å². The Bertz CT molecular complexity index is 942. The van der Waals surface area contributed by atoms with Gasteiger partial charge in [0.25, 0.3) is 0 Å². The number of rotatable bonds is 9. The lowest BCUT2D eigenvalue weighted by Gasteiger charge is -2.08. The van der Waals surface area contributed by atoms with Gasteiger partial charge in [-0.15, -0.1) is 10.2 Å². The smallest absolute Gasteiger partial charge is 0.237 e. The predicted octanol–water partition coefficient (Wildman–Crippen LogP) is 3.49. The second-order valence-electron chi connectivity index (χ2n) is 6.26. The second kappa shape index (κ2) is 9.42. The largest absolute Gasteiger partial charge is 0.493 e. The van der Waals surface area contributed by atoms with Crippen LogP contribution in [0.4, 0.5) is 5.13 Å². The molecule has 0 bridgehead atoms. The Labute approximate surface area is 176 Å². The van der Waals surface area contributed by atoms with Crippen LogP contribution in [0.15, 0.2) is 27.1 Å². The molecule has 154 valence electrons. The van der Waals surface area contributed by atoms with E-state index in [2.05, 4.69) is 25.7 Å². The molecule has 29 heavy (non-hydrogen) atoms. The first kappa shape index (κ1) is 19.9. The van der Waals surface area contributed by atoms with Crippen LogP contribution >= 0.6 is 23.1 Å². The van der Waals surface area contributed by atoms with Crippen LogP contribution in [0, 0.1) is 0 Å². The molecule has 9 nitrogen and oxygen atoms in total. The summed E-state index contributed by atoms with van der Waals surface area (Å²) in [6.07, 6.45) is 2.48. The topological polar surface area (TPSA) is 104 Å². The van der Waals surface area contributed by atoms with Crippen LogP contribution in [0.5, 0.6) is 11.5 Å². The Hall–Kier alpha value is -2.37. The standard InChI is InChI=1S/C18H21N5O4S2/c1-24-13-6-5-11(8-14(13)25-2)16-20-15(27-23-16)10-28-18-22-21-17(29-18)19-9-12-4-3-7-26-12/h5-6,8,12H,3-4,7,9-10H2,1-2H3,(H,19,21). The van der Waals surface area contributed by atoms with Crippen LogP contribution in [0.3, 0.4) is 0 Å². The molecule has 3 aromatic rings. The highest BCUT2D eigenvalue weighted by Gasteiger charge is 2.16. The Balaban J connectivity index is 1.33. The first-order valence-corrected chi connectivity index (χ1v) is 10.9. The van der Waals surface area contributed by atoms with Crippen LogP contribution in [0.1, 0.15) is 18.7 Å². The zero-order chi connectivity index (χ0) is 20.1. The van der Waals surface area contributed by atoms with Crippen LogP contribution in [-0.4, -0.2) is 53.8 Å². The van der Waals surface area contributed by atoms with Gasteiger partial charge in [-0.3, -0.25) is 0 Å². The molecule has 1 unspecified atom stereocenters. The van der Waals surface area contributed by atoms with Crippen molar-refractivity contribution >= 4 is 28.2 Å². The number of hydrogen-bond acceptors (Lipinski definition) is 11. The van der Waals surface area contributed by atoms with E-state index in [0.717, 1.165) is 41.0 Å². The zero-order valence-electron chi connectivity index (χ0n) is 16.1. The van der Waals surface area contributed by atoms with Gasteiger partial charge in [0.1, 0.15) is 0 Å². The number of nitrogens with zero attached hydrogens (tertiary/aromatic N) is 4. The van der Waals surface area contributed by atoms with Crippen LogP contribution in [0.2, 0.25) is 0 Å². The van der Waals surface area contributed by atoms with Gasteiger partial charge in [-0.05, 0) is 31.0 Å². The van der Waals surface area contributed by atoms with Gasteiger partial charge in [0.2, 0.25) is 16.8 Å². The van der Waals surface area contributed by atoms with Gasteiger partial charge in [-0.25, -0.2) is 0 Å². The van der Waals surface area contributed by atoms with Crippen molar-refractivity contribution in [3.8, 4) is 22.9 Å². The van der Waals surface area contributed by atoms with Crippen molar-refractivity contribution in [3.63, 3.8) is 0 Å². The van der Waals surface area contributed by atoms with Gasteiger partial charge in [-0.1, -0.05) is 28.3 Å². The fourth-order valence-electron chi connectivity index (χ4n) is 2.88. The van der Waals surface area contributed by atoms with Crippen molar-refractivity contribution < 1.29 is 18.7 Å². The number of anilines is 1. The van der Waals surface area contributed by atoms with Crippen molar-refractivity contribution in [1.82, 2.24) is 20.3 Å². The Morgan fingerprint density at radius 2 is 2.14 bits per heavy atom. The molecular formula is C18H21N5O4S2. The molecule has 11 heteroatoms. The Morgan fingerprint density at radius 1 is 1.24 bits per heavy atom. The maximum atomic E-state index is 5.60. The Kier molecular flexibility index (Phi) is 6.47. The molecule has 0 radical (unpaired) electrons. The van der Waals surface area contributed by atoms with Gasteiger partial charge >= 0.3 is 0 Å². The third-order valence-electron chi connectivity index (χ3n) is 4.34. The van der Waals surface area contributed by atoms with Gasteiger partial charge in [0.05, 0.1) is 26.1 Å². The first-order chi connectivity index (χ1) is 14.2. The SMILES string of the molecule is COc1ccc(-c2noc(CSc3nnc(NCC4CCCO4)s3)n2)cc1OC. The van der Waals surface area contributed by atoms with E-state index in [1.165, 1.54) is 23.1 Å². The number of aromatic nitrogens is 4. The fourth-order valence-corrected chi connectivity index (χ4v) is 4.47. The summed E-state index contributed by atoms with van der Waals surface area (Å²) < 4.78 is 22.4. The van der Waals surface area contributed by atoms with Crippen molar-refractivity contribution in [2.45, 2.75) is 29.0 Å². The van der Waals surface area contributed by atoms with Crippen molar-refractivity contribution in [2.75, 3.05) is 32.7 Å². The van der Waals surface area contributed by atoms with Gasteiger partial charge in [-0.2, -0.15) is 4.98 Å². The lowest BCUT2D eigenvalue weighted by atomic mass is 10.2. The van der Waals surface area contributed by atoms with Gasteiger partial charge in [0.15, 0.2) is 15.8 Å². The monoisotopic (exact) mass is 435 g/mol. The average molecular weight is 436 g/mol. The highest BCUT2D eigenvalue weighted by Crippen LogP contribution is 2.32. The maximum absolute atomic E-state index is 5.60. The summed E-state index contributed by atoms with van der Waals surface area (Å²) in [5.74, 6) is 2.79. The molecule has 1 aromatic carbocycles. The number of ether oxygens (including phenoxy) is 3. The third kappa shape index (κ3) is 4.98. The fraction of sp³-hybridized carbons (Fsp3) is 0.444. The highest BCUT2D eigenvalue weighted by atomic mass is 32.2. The van der Waals surface area contributed by atoms with E-state index in [-0.39, 0.29) is 6.10 Å². The van der Waals surface area contributed by atoms with E-state index in [1.807, 2.05) is 18.2 Å². The van der Waals surface area contributed by atoms with E-state index in [1.54, 1.807) is 14.2 Å². The minimum atomic E-state index is 0.267. The van der Waals surface area contributed by atoms with E-state index >= 15 is 0 Å². The lowest BCUT2D eigenvalue weighted by Crippen LogP contribution is -2.18. The highest BCUT2D eigenvalue weighted by molar-refractivity contribution is 8.00. The van der Waals surface area contributed by atoms with Crippen LogP contribution in [0.25, 0.3) is 11.4 Å². The van der Waals surface area contributed by atoms with E-state index < -0.39 is 0 Å². The summed E-state index contributed by atoms with van der Waals surface area (Å²) in [7, 11) is 3.18. The summed E-state index contributed by atoms with van der Waals surface area (Å²) >= 11 is 3.01. The zero-order valence-corrected chi connectivity index (χ0v) is 17.7.